The SMILES string of the molecule is CCNC(=NCc1cc(OC)c(OC)c(OC)c1)NCCc1ccccc1.I. The Labute approximate surface area is 184 Å². The predicted octanol–water partition coefficient (Wildman–Crippen LogP) is 3.63. The molecule has 28 heavy (non-hydrogen) atoms. The van der Waals surface area contributed by atoms with Crippen molar-refractivity contribution in [3.63, 3.8) is 0 Å². The molecule has 2 aromatic carbocycles. The zero-order valence-electron chi connectivity index (χ0n) is 17.0. The summed E-state index contributed by atoms with van der Waals surface area (Å²) in [5, 5.41) is 6.64. The van der Waals surface area contributed by atoms with Crippen LogP contribution in [0.25, 0.3) is 0 Å². The highest BCUT2D eigenvalue weighted by molar-refractivity contribution is 14.0. The minimum absolute atomic E-state index is 0. The number of rotatable bonds is 9. The highest BCUT2D eigenvalue weighted by Gasteiger charge is 2.13. The fraction of sp³-hybridized carbons (Fsp3) is 0.381. The number of benzene rings is 2. The molecule has 0 heterocycles. The maximum absolute atomic E-state index is 5.40. The monoisotopic (exact) mass is 499 g/mol. The molecule has 7 heteroatoms. The standard InChI is InChI=1S/C21H29N3O3.HI/c1-5-22-21(23-12-11-16-9-7-6-8-10-16)24-15-17-13-18(25-2)20(27-4)19(14-17)26-3;/h6-10,13-14H,5,11-12,15H2,1-4H3,(H2,22,23,24);1H. The van der Waals surface area contributed by atoms with Crippen LogP contribution >= 0.6 is 24.0 Å². The zero-order chi connectivity index (χ0) is 19.5. The van der Waals surface area contributed by atoms with Gasteiger partial charge in [-0.3, -0.25) is 0 Å². The van der Waals surface area contributed by atoms with Crippen molar-refractivity contribution in [1.29, 1.82) is 0 Å². The van der Waals surface area contributed by atoms with Crippen molar-refractivity contribution in [2.45, 2.75) is 19.9 Å². The number of nitrogens with one attached hydrogen (secondary N) is 2. The topological polar surface area (TPSA) is 64.1 Å². The van der Waals surface area contributed by atoms with E-state index in [9.17, 15) is 0 Å². The quantitative estimate of drug-likeness (QED) is 0.314. The van der Waals surface area contributed by atoms with Crippen molar-refractivity contribution >= 4 is 29.9 Å². The van der Waals surface area contributed by atoms with E-state index in [1.165, 1.54) is 5.56 Å². The molecule has 0 aliphatic heterocycles. The van der Waals surface area contributed by atoms with Gasteiger partial charge in [0.1, 0.15) is 0 Å². The summed E-state index contributed by atoms with van der Waals surface area (Å²) in [6.07, 6.45) is 0.940. The molecular formula is C21H30IN3O3. The summed E-state index contributed by atoms with van der Waals surface area (Å²) in [4.78, 5) is 4.66. The van der Waals surface area contributed by atoms with Gasteiger partial charge in [-0.15, -0.1) is 24.0 Å². The number of ether oxygens (including phenoxy) is 3. The smallest absolute Gasteiger partial charge is 0.203 e. The molecule has 0 bridgehead atoms. The third kappa shape index (κ3) is 7.10. The lowest BCUT2D eigenvalue weighted by Gasteiger charge is -2.14. The maximum Gasteiger partial charge on any atom is 0.203 e. The molecule has 0 atom stereocenters. The predicted molar refractivity (Wildman–Crippen MR) is 124 cm³/mol. The lowest BCUT2D eigenvalue weighted by molar-refractivity contribution is 0.324. The van der Waals surface area contributed by atoms with Crippen molar-refractivity contribution in [2.24, 2.45) is 4.99 Å². The Morgan fingerprint density at radius 1 is 0.893 bits per heavy atom. The van der Waals surface area contributed by atoms with Crippen LogP contribution in [0.15, 0.2) is 47.5 Å². The minimum Gasteiger partial charge on any atom is -0.493 e. The van der Waals surface area contributed by atoms with E-state index in [4.69, 9.17) is 14.2 Å². The van der Waals surface area contributed by atoms with Gasteiger partial charge in [0.15, 0.2) is 17.5 Å². The fourth-order valence-corrected chi connectivity index (χ4v) is 2.71. The first-order chi connectivity index (χ1) is 13.2. The Bertz CT molecular complexity index is 714. The third-order valence-corrected chi connectivity index (χ3v) is 4.04. The van der Waals surface area contributed by atoms with Crippen LogP contribution in [0.4, 0.5) is 0 Å². The van der Waals surface area contributed by atoms with Crippen LogP contribution in [0, 0.1) is 0 Å². The molecule has 2 aromatic rings. The van der Waals surface area contributed by atoms with Crippen LogP contribution in [0.2, 0.25) is 0 Å². The molecule has 0 radical (unpaired) electrons. The molecule has 0 aliphatic carbocycles. The van der Waals surface area contributed by atoms with Crippen molar-refractivity contribution in [2.75, 3.05) is 34.4 Å². The fourth-order valence-electron chi connectivity index (χ4n) is 2.71. The molecule has 0 unspecified atom stereocenters. The van der Waals surface area contributed by atoms with Crippen LogP contribution in [0.1, 0.15) is 18.1 Å². The van der Waals surface area contributed by atoms with E-state index in [1.54, 1.807) is 21.3 Å². The average molecular weight is 499 g/mol. The molecule has 0 fully saturated rings. The molecule has 0 saturated heterocycles. The number of hydrogen-bond acceptors (Lipinski definition) is 4. The van der Waals surface area contributed by atoms with Crippen LogP contribution in [-0.4, -0.2) is 40.4 Å². The molecule has 0 amide bonds. The first kappa shape index (κ1) is 23.9. The van der Waals surface area contributed by atoms with E-state index < -0.39 is 0 Å². The van der Waals surface area contributed by atoms with E-state index in [2.05, 4.69) is 39.9 Å². The van der Waals surface area contributed by atoms with Crippen LogP contribution in [-0.2, 0) is 13.0 Å². The molecular weight excluding hydrogens is 469 g/mol. The number of halogens is 1. The molecule has 0 saturated carbocycles. The molecule has 2 N–H and O–H groups in total. The maximum atomic E-state index is 5.40. The van der Waals surface area contributed by atoms with E-state index in [0.717, 1.165) is 31.0 Å². The van der Waals surface area contributed by atoms with Gasteiger partial charge in [-0.25, -0.2) is 4.99 Å². The summed E-state index contributed by atoms with van der Waals surface area (Å²) < 4.78 is 16.2. The highest BCUT2D eigenvalue weighted by atomic mass is 127. The number of methoxy groups -OCH3 is 3. The first-order valence-corrected chi connectivity index (χ1v) is 9.06. The number of hydrogen-bond donors (Lipinski definition) is 2. The summed E-state index contributed by atoms with van der Waals surface area (Å²) in [5.74, 6) is 2.62. The average Bonchev–Trinajstić information content (AvgIpc) is 2.71. The van der Waals surface area contributed by atoms with E-state index in [1.807, 2.05) is 25.1 Å². The summed E-state index contributed by atoms with van der Waals surface area (Å²) >= 11 is 0. The normalized spacial score (nSPS) is 10.6. The van der Waals surface area contributed by atoms with Gasteiger partial charge in [-0.1, -0.05) is 30.3 Å². The Hall–Kier alpha value is -2.16. The van der Waals surface area contributed by atoms with Crippen molar-refractivity contribution in [3.8, 4) is 17.2 Å². The molecule has 6 nitrogen and oxygen atoms in total. The lowest BCUT2D eigenvalue weighted by atomic mass is 10.1. The lowest BCUT2D eigenvalue weighted by Crippen LogP contribution is -2.38. The second-order valence-corrected chi connectivity index (χ2v) is 5.89. The summed E-state index contributed by atoms with van der Waals surface area (Å²) in [6.45, 7) is 4.16. The molecule has 0 spiro atoms. The van der Waals surface area contributed by atoms with Gasteiger partial charge in [0.25, 0.3) is 0 Å². The number of nitrogens with zero attached hydrogens (tertiary/aromatic N) is 1. The van der Waals surface area contributed by atoms with E-state index >= 15 is 0 Å². The molecule has 0 aromatic heterocycles. The van der Waals surface area contributed by atoms with E-state index in [-0.39, 0.29) is 24.0 Å². The van der Waals surface area contributed by atoms with Crippen LogP contribution in [0.3, 0.4) is 0 Å². The summed E-state index contributed by atoms with van der Waals surface area (Å²) in [7, 11) is 4.82. The van der Waals surface area contributed by atoms with Crippen molar-refractivity contribution in [3.05, 3.63) is 53.6 Å². The van der Waals surface area contributed by atoms with Crippen molar-refractivity contribution in [1.82, 2.24) is 10.6 Å². The van der Waals surface area contributed by atoms with Crippen molar-refractivity contribution < 1.29 is 14.2 Å². The molecule has 0 aliphatic rings. The van der Waals surface area contributed by atoms with Crippen LogP contribution in [0.5, 0.6) is 17.2 Å². The summed E-state index contributed by atoms with van der Waals surface area (Å²) in [5.41, 5.74) is 2.27. The Balaban J connectivity index is 0.00000392. The summed E-state index contributed by atoms with van der Waals surface area (Å²) in [6, 6.07) is 14.2. The van der Waals surface area contributed by atoms with Gasteiger partial charge in [-0.2, -0.15) is 0 Å². The first-order valence-electron chi connectivity index (χ1n) is 9.06. The van der Waals surface area contributed by atoms with Gasteiger partial charge in [0.05, 0.1) is 27.9 Å². The largest absolute Gasteiger partial charge is 0.493 e. The second kappa shape index (κ2) is 13.1. The Kier molecular flexibility index (Phi) is 11.2. The Morgan fingerprint density at radius 3 is 2.07 bits per heavy atom. The Morgan fingerprint density at radius 2 is 1.54 bits per heavy atom. The van der Waals surface area contributed by atoms with Gasteiger partial charge in [-0.05, 0) is 36.6 Å². The molecule has 154 valence electrons. The number of aliphatic imine (C=N–C) groups is 1. The van der Waals surface area contributed by atoms with Gasteiger partial charge in [0, 0.05) is 13.1 Å². The third-order valence-electron chi connectivity index (χ3n) is 4.04. The van der Waals surface area contributed by atoms with Crippen LogP contribution < -0.4 is 24.8 Å². The van der Waals surface area contributed by atoms with Gasteiger partial charge in [0.2, 0.25) is 5.75 Å². The molecule has 2 rings (SSSR count). The minimum atomic E-state index is 0. The zero-order valence-corrected chi connectivity index (χ0v) is 19.3. The number of guanidine groups is 1. The second-order valence-electron chi connectivity index (χ2n) is 5.89. The highest BCUT2D eigenvalue weighted by Crippen LogP contribution is 2.38. The van der Waals surface area contributed by atoms with Gasteiger partial charge < -0.3 is 24.8 Å². The van der Waals surface area contributed by atoms with E-state index in [0.29, 0.717) is 23.8 Å². The van der Waals surface area contributed by atoms with Gasteiger partial charge >= 0.3 is 0 Å².